The van der Waals surface area contributed by atoms with Crippen LogP contribution in [0.2, 0.25) is 0 Å². The van der Waals surface area contributed by atoms with E-state index in [0.717, 1.165) is 37.4 Å². The van der Waals surface area contributed by atoms with Gasteiger partial charge in [-0.1, -0.05) is 44.2 Å². The molecule has 0 spiro atoms. The molecule has 2 heterocycles. The SMILES string of the molecule is CCN(CC)CCC[C@@H](C)Nc1ncnc2c1[C@@H](c1ccccc1)C(C)(C)O2. The van der Waals surface area contributed by atoms with Gasteiger partial charge in [0.1, 0.15) is 17.7 Å². The van der Waals surface area contributed by atoms with Gasteiger partial charge in [0.05, 0.1) is 11.5 Å². The third-order valence-corrected chi connectivity index (χ3v) is 5.71. The fraction of sp³-hybridized carbons (Fsp3) is 0.565. The van der Waals surface area contributed by atoms with Gasteiger partial charge in [-0.2, -0.15) is 0 Å². The predicted octanol–water partition coefficient (Wildman–Crippen LogP) is 4.70. The van der Waals surface area contributed by atoms with Crippen molar-refractivity contribution in [2.45, 2.75) is 65.0 Å². The van der Waals surface area contributed by atoms with Crippen LogP contribution in [0.15, 0.2) is 36.7 Å². The van der Waals surface area contributed by atoms with Crippen molar-refractivity contribution in [3.05, 3.63) is 47.8 Å². The molecule has 1 aliphatic rings. The van der Waals surface area contributed by atoms with Crippen molar-refractivity contribution in [3.63, 3.8) is 0 Å². The molecule has 1 aliphatic heterocycles. The minimum atomic E-state index is -0.359. The second-order valence-electron chi connectivity index (χ2n) is 8.20. The molecular weight excluding hydrogens is 348 g/mol. The number of hydrogen-bond donors (Lipinski definition) is 1. The first-order chi connectivity index (χ1) is 13.5. The van der Waals surface area contributed by atoms with Gasteiger partial charge in [-0.05, 0) is 58.8 Å². The number of rotatable bonds is 9. The lowest BCUT2D eigenvalue weighted by atomic mass is 9.81. The summed E-state index contributed by atoms with van der Waals surface area (Å²) in [5, 5.41) is 3.64. The van der Waals surface area contributed by atoms with Crippen LogP contribution in [0.3, 0.4) is 0 Å². The molecule has 28 heavy (non-hydrogen) atoms. The van der Waals surface area contributed by atoms with Crippen molar-refractivity contribution < 1.29 is 4.74 Å². The zero-order valence-corrected chi connectivity index (χ0v) is 17.9. The minimum Gasteiger partial charge on any atom is -0.470 e. The Morgan fingerprint density at radius 1 is 1.14 bits per heavy atom. The molecule has 0 unspecified atom stereocenters. The van der Waals surface area contributed by atoms with Crippen molar-refractivity contribution in [2.24, 2.45) is 0 Å². The van der Waals surface area contributed by atoms with Crippen molar-refractivity contribution in [1.82, 2.24) is 14.9 Å². The molecule has 3 rings (SSSR count). The monoisotopic (exact) mass is 382 g/mol. The van der Waals surface area contributed by atoms with E-state index in [1.807, 2.05) is 6.07 Å². The van der Waals surface area contributed by atoms with Gasteiger partial charge in [-0.25, -0.2) is 9.97 Å². The molecule has 0 aliphatic carbocycles. The Balaban J connectivity index is 1.77. The molecule has 5 nitrogen and oxygen atoms in total. The molecule has 0 radical (unpaired) electrons. The summed E-state index contributed by atoms with van der Waals surface area (Å²) in [6, 6.07) is 10.9. The van der Waals surface area contributed by atoms with Crippen molar-refractivity contribution in [1.29, 1.82) is 0 Å². The van der Waals surface area contributed by atoms with Gasteiger partial charge in [0.15, 0.2) is 0 Å². The molecule has 0 fully saturated rings. The van der Waals surface area contributed by atoms with E-state index < -0.39 is 0 Å². The van der Waals surface area contributed by atoms with E-state index in [0.29, 0.717) is 11.9 Å². The maximum atomic E-state index is 6.23. The highest BCUT2D eigenvalue weighted by Gasteiger charge is 2.45. The van der Waals surface area contributed by atoms with Gasteiger partial charge in [0.2, 0.25) is 5.88 Å². The van der Waals surface area contributed by atoms with Gasteiger partial charge < -0.3 is 15.0 Å². The van der Waals surface area contributed by atoms with Crippen LogP contribution >= 0.6 is 0 Å². The number of fused-ring (bicyclic) bond motifs is 1. The highest BCUT2D eigenvalue weighted by atomic mass is 16.5. The summed E-state index contributed by atoms with van der Waals surface area (Å²) in [6.45, 7) is 14.3. The first-order valence-corrected chi connectivity index (χ1v) is 10.5. The van der Waals surface area contributed by atoms with Gasteiger partial charge in [0, 0.05) is 6.04 Å². The van der Waals surface area contributed by atoms with Gasteiger partial charge in [-0.3, -0.25) is 0 Å². The molecule has 0 bridgehead atoms. The second kappa shape index (κ2) is 8.91. The molecule has 2 atom stereocenters. The van der Waals surface area contributed by atoms with E-state index in [-0.39, 0.29) is 11.5 Å². The topological polar surface area (TPSA) is 50.3 Å². The maximum absolute atomic E-state index is 6.23. The quantitative estimate of drug-likeness (QED) is 0.681. The molecule has 1 N–H and O–H groups in total. The Labute approximate surface area is 169 Å². The predicted molar refractivity (Wildman–Crippen MR) is 115 cm³/mol. The molecule has 1 aromatic carbocycles. The molecule has 0 saturated heterocycles. The van der Waals surface area contributed by atoms with Crippen molar-refractivity contribution >= 4 is 5.82 Å². The van der Waals surface area contributed by atoms with Crippen LogP contribution in [0, 0.1) is 0 Å². The number of anilines is 1. The summed E-state index contributed by atoms with van der Waals surface area (Å²) in [5.74, 6) is 1.71. The number of aromatic nitrogens is 2. The Bertz CT molecular complexity index is 758. The van der Waals surface area contributed by atoms with Crippen LogP contribution in [0.25, 0.3) is 0 Å². The number of hydrogen-bond acceptors (Lipinski definition) is 5. The van der Waals surface area contributed by atoms with Crippen LogP contribution in [-0.4, -0.2) is 46.1 Å². The second-order valence-corrected chi connectivity index (χ2v) is 8.20. The van der Waals surface area contributed by atoms with Crippen LogP contribution in [0.4, 0.5) is 5.82 Å². The van der Waals surface area contributed by atoms with Gasteiger partial charge in [0.25, 0.3) is 0 Å². The molecular formula is C23H34N4O. The fourth-order valence-electron chi connectivity index (χ4n) is 4.17. The molecule has 0 saturated carbocycles. The normalized spacial score (nSPS) is 18.6. The molecule has 0 amide bonds. The third-order valence-electron chi connectivity index (χ3n) is 5.71. The molecule has 1 aromatic heterocycles. The van der Waals surface area contributed by atoms with Crippen molar-refractivity contribution in [3.8, 4) is 5.88 Å². The summed E-state index contributed by atoms with van der Waals surface area (Å²) in [5.41, 5.74) is 1.95. The Kier molecular flexibility index (Phi) is 6.55. The molecule has 152 valence electrons. The number of nitrogens with zero attached hydrogens (tertiary/aromatic N) is 3. The third kappa shape index (κ3) is 4.46. The van der Waals surface area contributed by atoms with Gasteiger partial charge in [-0.15, -0.1) is 0 Å². The number of nitrogens with one attached hydrogen (secondary N) is 1. The molecule has 2 aromatic rings. The van der Waals surface area contributed by atoms with E-state index in [4.69, 9.17) is 4.74 Å². The van der Waals surface area contributed by atoms with E-state index in [2.05, 4.69) is 79.1 Å². The largest absolute Gasteiger partial charge is 0.470 e. The number of benzene rings is 1. The fourth-order valence-corrected chi connectivity index (χ4v) is 4.17. The van der Waals surface area contributed by atoms with Crippen LogP contribution < -0.4 is 10.1 Å². The lowest BCUT2D eigenvalue weighted by Crippen LogP contribution is -2.31. The summed E-state index contributed by atoms with van der Waals surface area (Å²) in [6.07, 6.45) is 3.88. The van der Waals surface area contributed by atoms with E-state index in [1.54, 1.807) is 6.33 Å². The summed E-state index contributed by atoms with van der Waals surface area (Å²) < 4.78 is 6.23. The van der Waals surface area contributed by atoms with Crippen LogP contribution in [0.1, 0.15) is 64.5 Å². The summed E-state index contributed by atoms with van der Waals surface area (Å²) >= 11 is 0. The van der Waals surface area contributed by atoms with E-state index in [1.165, 1.54) is 12.0 Å². The highest BCUT2D eigenvalue weighted by Crippen LogP contribution is 2.49. The summed E-state index contributed by atoms with van der Waals surface area (Å²) in [7, 11) is 0. The van der Waals surface area contributed by atoms with Crippen molar-refractivity contribution in [2.75, 3.05) is 25.0 Å². The van der Waals surface area contributed by atoms with Crippen LogP contribution in [0.5, 0.6) is 5.88 Å². The van der Waals surface area contributed by atoms with Crippen LogP contribution in [-0.2, 0) is 0 Å². The lowest BCUT2D eigenvalue weighted by molar-refractivity contribution is 0.117. The lowest BCUT2D eigenvalue weighted by Gasteiger charge is -2.27. The number of ether oxygens (including phenoxy) is 1. The van der Waals surface area contributed by atoms with E-state index >= 15 is 0 Å². The zero-order valence-electron chi connectivity index (χ0n) is 17.9. The zero-order chi connectivity index (χ0) is 20.1. The molecule has 5 heteroatoms. The average molecular weight is 383 g/mol. The average Bonchev–Trinajstić information content (AvgIpc) is 2.96. The van der Waals surface area contributed by atoms with Gasteiger partial charge >= 0.3 is 0 Å². The van der Waals surface area contributed by atoms with E-state index in [9.17, 15) is 0 Å². The first-order valence-electron chi connectivity index (χ1n) is 10.5. The smallest absolute Gasteiger partial charge is 0.223 e. The maximum Gasteiger partial charge on any atom is 0.223 e. The minimum absolute atomic E-state index is 0.107. The standard InChI is InChI=1S/C23H34N4O/c1-6-27(7-2)15-11-12-17(3)26-21-19-20(18-13-9-8-10-14-18)23(4,5)28-22(19)25-16-24-21/h8-10,13-14,16-17,20H,6-7,11-12,15H2,1-5H3,(H,24,25,26)/t17-,20-/m1/s1. The first kappa shape index (κ1) is 20.6. The Morgan fingerprint density at radius 2 is 1.86 bits per heavy atom. The highest BCUT2D eigenvalue weighted by molar-refractivity contribution is 5.58. The summed E-state index contributed by atoms with van der Waals surface area (Å²) in [4.78, 5) is 11.5. The Hall–Kier alpha value is -2.14. The Morgan fingerprint density at radius 3 is 2.54 bits per heavy atom.